The van der Waals surface area contributed by atoms with Gasteiger partial charge >= 0.3 is 7.12 Å². The molecule has 55 heavy (non-hydrogen) atoms. The maximum Gasteiger partial charge on any atom is 0.482 e. The van der Waals surface area contributed by atoms with Crippen molar-refractivity contribution in [2.24, 2.45) is 17.3 Å². The van der Waals surface area contributed by atoms with Crippen LogP contribution < -0.4 is 16.2 Å². The van der Waals surface area contributed by atoms with Gasteiger partial charge in [0, 0.05) is 24.6 Å². The van der Waals surface area contributed by atoms with E-state index in [1.807, 2.05) is 12.1 Å². The molecule has 3 unspecified atom stereocenters. The van der Waals surface area contributed by atoms with Gasteiger partial charge in [-0.2, -0.15) is 0 Å². The van der Waals surface area contributed by atoms with E-state index in [9.17, 15) is 19.7 Å². The van der Waals surface area contributed by atoms with E-state index in [-0.39, 0.29) is 46.5 Å². The highest BCUT2D eigenvalue weighted by atomic mass is 35.5. The second kappa shape index (κ2) is 14.5. The summed E-state index contributed by atoms with van der Waals surface area (Å²) in [6.07, 6.45) is 6.87. The molecule has 2 aliphatic heterocycles. The monoisotopic (exact) mass is 763 g/mol. The molecule has 3 saturated carbocycles. The first-order valence-electron chi connectivity index (χ1n) is 19.4. The molecule has 13 heteroatoms. The van der Waals surface area contributed by atoms with Crippen LogP contribution in [0, 0.1) is 27.4 Å². The maximum atomic E-state index is 14.5. The molecular formula is C42H47BClN5O6. The normalized spacial score (nSPS) is 26.5. The van der Waals surface area contributed by atoms with Gasteiger partial charge in [-0.05, 0) is 91.0 Å². The van der Waals surface area contributed by atoms with Crippen molar-refractivity contribution in [1.29, 1.82) is 0 Å². The lowest BCUT2D eigenvalue weighted by Gasteiger charge is -2.64. The molecule has 3 aromatic carbocycles. The number of carbonyl (C=O) groups excluding carboxylic acids is 1. The molecule has 4 fully saturated rings. The summed E-state index contributed by atoms with van der Waals surface area (Å²) < 4.78 is 14.8. The number of aromatic nitrogens is 2. The van der Waals surface area contributed by atoms with Crippen LogP contribution in [0.1, 0.15) is 88.1 Å². The van der Waals surface area contributed by atoms with Crippen molar-refractivity contribution in [3.8, 4) is 0 Å². The van der Waals surface area contributed by atoms with Crippen LogP contribution in [0.2, 0.25) is 5.15 Å². The smallest absolute Gasteiger partial charge is 0.404 e. The van der Waals surface area contributed by atoms with Gasteiger partial charge in [-0.15, -0.1) is 6.58 Å². The number of rotatable bonds is 13. The zero-order chi connectivity index (χ0) is 38.6. The average molecular weight is 764 g/mol. The Morgan fingerprint density at radius 3 is 2.71 bits per heavy atom. The minimum atomic E-state index is -0.859. The third kappa shape index (κ3) is 6.65. The summed E-state index contributed by atoms with van der Waals surface area (Å²) >= 11 is 6.93. The first-order chi connectivity index (χ1) is 26.4. The Balaban J connectivity index is 1.06. The number of carbonyl (C=O) groups is 1. The molecule has 2 bridgehead atoms. The molecule has 1 aromatic heterocycles. The van der Waals surface area contributed by atoms with E-state index in [1.54, 1.807) is 18.2 Å². The van der Waals surface area contributed by atoms with Gasteiger partial charge in [-0.25, -0.2) is 4.98 Å². The van der Waals surface area contributed by atoms with Gasteiger partial charge in [0.15, 0.2) is 11.0 Å². The van der Waals surface area contributed by atoms with E-state index in [2.05, 4.69) is 73.3 Å². The summed E-state index contributed by atoms with van der Waals surface area (Å²) in [5, 5.41) is 20.2. The Labute approximate surface area is 326 Å². The second-order valence-corrected chi connectivity index (χ2v) is 16.9. The number of nitrogens with one attached hydrogen (secondary N) is 2. The van der Waals surface area contributed by atoms with Crippen LogP contribution in [0.5, 0.6) is 0 Å². The molecule has 4 aromatic rings. The molecule has 3 heterocycles. The van der Waals surface area contributed by atoms with Crippen molar-refractivity contribution in [1.82, 2.24) is 14.9 Å². The van der Waals surface area contributed by atoms with Crippen molar-refractivity contribution in [2.75, 3.05) is 5.32 Å². The lowest BCUT2D eigenvalue weighted by Crippen LogP contribution is -2.65. The fourth-order valence-corrected chi connectivity index (χ4v) is 10.4. The van der Waals surface area contributed by atoms with Crippen LogP contribution in [0.15, 0.2) is 84.2 Å². The Morgan fingerprint density at radius 1 is 1.15 bits per heavy atom. The van der Waals surface area contributed by atoms with E-state index >= 15 is 0 Å². The Hall–Kier alpha value is -4.52. The third-order valence-electron chi connectivity index (χ3n) is 13.1. The van der Waals surface area contributed by atoms with Crippen molar-refractivity contribution >= 4 is 46.9 Å². The van der Waals surface area contributed by atoms with E-state index in [0.29, 0.717) is 42.4 Å². The minimum Gasteiger partial charge on any atom is -0.404 e. The highest BCUT2D eigenvalue weighted by Gasteiger charge is 2.68. The van der Waals surface area contributed by atoms with Crippen molar-refractivity contribution in [3.63, 3.8) is 0 Å². The second-order valence-electron chi connectivity index (χ2n) is 16.5. The van der Waals surface area contributed by atoms with Crippen LogP contribution in [0.25, 0.3) is 10.8 Å². The van der Waals surface area contributed by atoms with E-state index in [4.69, 9.17) is 20.9 Å². The molecule has 2 N–H and O–H groups in total. The SMILES string of the molecule is C=CC[C@H](NC(=O)[C@@H]1C[C@@H](CCCc2cccc3ccccc23)c2c(Cl)nc(NCc3cccc([N+](=O)[O-])c3)c(=O)n21)B1OC2CC3CC(C3(C)C)[C@@]2(C)O1. The minimum absolute atomic E-state index is 0.0295. The lowest BCUT2D eigenvalue weighted by molar-refractivity contribution is -0.384. The molecular weight excluding hydrogens is 717 g/mol. The fourth-order valence-electron chi connectivity index (χ4n) is 10.1. The number of nitrogens with zero attached hydrogens (tertiary/aromatic N) is 3. The van der Waals surface area contributed by atoms with Gasteiger partial charge in [0.05, 0.1) is 28.3 Å². The predicted octanol–water partition coefficient (Wildman–Crippen LogP) is 7.95. The molecule has 286 valence electrons. The topological polar surface area (TPSA) is 138 Å². The largest absolute Gasteiger partial charge is 0.482 e. The molecule has 0 spiro atoms. The van der Waals surface area contributed by atoms with E-state index in [1.165, 1.54) is 33.0 Å². The molecule has 0 radical (unpaired) electrons. The molecule has 5 aliphatic rings. The number of amides is 1. The summed E-state index contributed by atoms with van der Waals surface area (Å²) in [7, 11) is -0.658. The number of non-ortho nitro benzene ring substituents is 1. The highest BCUT2D eigenvalue weighted by molar-refractivity contribution is 6.48. The van der Waals surface area contributed by atoms with Gasteiger partial charge in [-0.3, -0.25) is 24.3 Å². The zero-order valence-electron chi connectivity index (χ0n) is 31.5. The van der Waals surface area contributed by atoms with Crippen LogP contribution in [-0.4, -0.2) is 45.1 Å². The maximum absolute atomic E-state index is 14.5. The standard InChI is InChI=1S/C42H47BClN5O6/c1-5-11-35(43-54-34-23-29-22-33(41(29,2)3)42(34,4)55-43)46-39(50)32-21-28(17-10-16-27-15-9-14-26-13-6-7-19-31(26)27)36-37(44)47-38(40(51)48(32)36)45-24-25-12-8-18-30(20-25)49(52)53/h5-9,12-15,18-20,28-29,32-35H,1,10-11,16-17,21-24H2,2-4H3,(H,45,47)(H,46,50)/t28-,29?,32+,33?,34?,35+,42-/m1/s1. The molecule has 1 amide bonds. The number of anilines is 1. The van der Waals surface area contributed by atoms with Crippen LogP contribution in [0.4, 0.5) is 11.5 Å². The number of halogens is 1. The van der Waals surface area contributed by atoms with Gasteiger partial charge < -0.3 is 19.9 Å². The van der Waals surface area contributed by atoms with Crippen molar-refractivity contribution in [2.45, 2.75) is 102 Å². The van der Waals surface area contributed by atoms with Crippen LogP contribution in [-0.2, 0) is 27.1 Å². The van der Waals surface area contributed by atoms with Gasteiger partial charge in [0.2, 0.25) is 5.91 Å². The van der Waals surface area contributed by atoms with E-state index in [0.717, 1.165) is 25.7 Å². The number of hydrogen-bond donors (Lipinski definition) is 2. The highest BCUT2D eigenvalue weighted by Crippen LogP contribution is 2.65. The summed E-state index contributed by atoms with van der Waals surface area (Å²) in [5.74, 6) is -0.110. The van der Waals surface area contributed by atoms with Gasteiger partial charge in [0.25, 0.3) is 11.2 Å². The summed E-state index contributed by atoms with van der Waals surface area (Å²) in [6.45, 7) is 10.8. The lowest BCUT2D eigenvalue weighted by atomic mass is 9.43. The number of nitro groups is 1. The fraction of sp³-hybridized carbons (Fsp3) is 0.452. The number of aryl methyl sites for hydroxylation is 1. The molecule has 3 aliphatic carbocycles. The van der Waals surface area contributed by atoms with Crippen LogP contribution >= 0.6 is 11.6 Å². The quantitative estimate of drug-likeness (QED) is 0.0606. The zero-order valence-corrected chi connectivity index (χ0v) is 32.3. The summed E-state index contributed by atoms with van der Waals surface area (Å²) in [6, 6.07) is 20.0. The Bertz CT molecular complexity index is 2220. The number of benzene rings is 3. The first kappa shape index (κ1) is 37.4. The predicted molar refractivity (Wildman–Crippen MR) is 214 cm³/mol. The molecule has 9 rings (SSSR count). The van der Waals surface area contributed by atoms with Crippen molar-refractivity contribution < 1.29 is 19.0 Å². The molecule has 7 atom stereocenters. The molecule has 11 nitrogen and oxygen atoms in total. The first-order valence-corrected chi connectivity index (χ1v) is 19.8. The number of hydrogen-bond acceptors (Lipinski definition) is 8. The third-order valence-corrected chi connectivity index (χ3v) is 13.4. The average Bonchev–Trinajstić information content (AvgIpc) is 3.74. The molecule has 1 saturated heterocycles. The Kier molecular flexibility index (Phi) is 9.88. The summed E-state index contributed by atoms with van der Waals surface area (Å²) in [5.41, 5.74) is 1.57. The van der Waals surface area contributed by atoms with Crippen LogP contribution in [0.3, 0.4) is 0 Å². The Morgan fingerprint density at radius 2 is 1.93 bits per heavy atom. The van der Waals surface area contributed by atoms with E-state index < -0.39 is 35.2 Å². The number of fused-ring (bicyclic) bond motifs is 2. The van der Waals surface area contributed by atoms with Gasteiger partial charge in [-0.1, -0.05) is 86.1 Å². The van der Waals surface area contributed by atoms with Crippen molar-refractivity contribution in [3.05, 3.63) is 122 Å². The van der Waals surface area contributed by atoms with Gasteiger partial charge in [0.1, 0.15) is 6.04 Å². The number of nitro benzene ring substituents is 1. The summed E-state index contributed by atoms with van der Waals surface area (Å²) in [4.78, 5) is 44.2.